The largest absolute Gasteiger partial charge is 4.00 e. The van der Waals surface area contributed by atoms with Gasteiger partial charge in [0.2, 0.25) is 0 Å². The molecule has 0 bridgehead atoms. The van der Waals surface area contributed by atoms with Gasteiger partial charge >= 0.3 is 21.7 Å². The second-order valence-electron chi connectivity index (χ2n) is 5.43. The molecule has 0 aromatic heterocycles. The van der Waals surface area contributed by atoms with Crippen LogP contribution in [0, 0.1) is 6.08 Å². The molecule has 5 heteroatoms. The first-order chi connectivity index (χ1) is 8.68. The Kier molecular flexibility index (Phi) is 16.0. The summed E-state index contributed by atoms with van der Waals surface area (Å²) in [6.07, 6.45) is 9.54. The van der Waals surface area contributed by atoms with E-state index in [0.29, 0.717) is 0 Å². The zero-order chi connectivity index (χ0) is 13.0. The zero-order valence-corrected chi connectivity index (χ0v) is 18.3. The third-order valence-electron chi connectivity index (χ3n) is 4.11. The minimum absolute atomic E-state index is 0. The number of benzene rings is 1. The van der Waals surface area contributed by atoms with Gasteiger partial charge in [-0.15, -0.1) is 6.42 Å². The Labute approximate surface area is 170 Å². The summed E-state index contributed by atoms with van der Waals surface area (Å²) in [6, 6.07) is 12.5. The Balaban J connectivity index is -0.000000902. The van der Waals surface area contributed by atoms with Crippen LogP contribution in [0.5, 0.6) is 0 Å². The summed E-state index contributed by atoms with van der Waals surface area (Å²) >= 11 is 0. The van der Waals surface area contributed by atoms with Gasteiger partial charge in [-0.05, 0) is 0 Å². The van der Waals surface area contributed by atoms with E-state index in [4.69, 9.17) is 0 Å². The summed E-state index contributed by atoms with van der Waals surface area (Å²) in [6.45, 7) is 7.05. The van der Waals surface area contributed by atoms with Crippen molar-refractivity contribution < 1.29 is 58.9 Å². The minimum atomic E-state index is -1.51. The van der Waals surface area contributed by atoms with Crippen molar-refractivity contribution in [2.24, 2.45) is 0 Å². The standard InChI is InChI=1S/C17H23Si.3ClH.Ti/c1-4-5-14-18(3,16-11-7-6-8-12-16)17-13-9-10-15(17)2;;;;/h6-8,11-13H,4-5,9,14H2,1-3H3;3*1H;/q-1;;;;+4/p-3. The van der Waals surface area contributed by atoms with E-state index in [0.717, 1.165) is 6.42 Å². The molecule has 120 valence electrons. The number of allylic oxidation sites excluding steroid dienone is 4. The van der Waals surface area contributed by atoms with E-state index < -0.39 is 8.07 Å². The molecule has 1 aromatic rings. The van der Waals surface area contributed by atoms with Crippen LogP contribution in [0.25, 0.3) is 0 Å². The molecule has 0 fully saturated rings. The van der Waals surface area contributed by atoms with Gasteiger partial charge in [0.05, 0.1) is 0 Å². The maximum atomic E-state index is 3.48. The molecule has 0 radical (unpaired) electrons. The Morgan fingerprint density at radius 2 is 1.68 bits per heavy atom. The Morgan fingerprint density at radius 3 is 2.14 bits per heavy atom. The Hall–Kier alpha value is 0.501. The minimum Gasteiger partial charge on any atom is -1.00 e. The average molecular weight is 410 g/mol. The van der Waals surface area contributed by atoms with Crippen LogP contribution in [-0.2, 0) is 21.7 Å². The summed E-state index contributed by atoms with van der Waals surface area (Å²) in [5.74, 6) is 0. The van der Waals surface area contributed by atoms with E-state index in [1.165, 1.54) is 24.5 Å². The first-order valence-corrected chi connectivity index (χ1v) is 9.73. The molecule has 1 aromatic carbocycles. The monoisotopic (exact) mass is 408 g/mol. The molecule has 1 aliphatic carbocycles. The number of hydrogen-bond donors (Lipinski definition) is 0. The summed E-state index contributed by atoms with van der Waals surface area (Å²) in [5.41, 5.74) is 1.41. The van der Waals surface area contributed by atoms with Gasteiger partial charge in [0.1, 0.15) is 0 Å². The normalized spacial score (nSPS) is 14.9. The number of hydrogen-bond acceptors (Lipinski definition) is 0. The molecular weight excluding hydrogens is 386 g/mol. The molecule has 1 aliphatic rings. The summed E-state index contributed by atoms with van der Waals surface area (Å²) < 4.78 is 0. The molecule has 0 nitrogen and oxygen atoms in total. The van der Waals surface area contributed by atoms with Gasteiger partial charge in [-0.1, -0.05) is 74.8 Å². The second-order valence-corrected chi connectivity index (χ2v) is 9.71. The van der Waals surface area contributed by atoms with Gasteiger partial charge < -0.3 is 37.2 Å². The van der Waals surface area contributed by atoms with Crippen molar-refractivity contribution in [3.05, 3.63) is 53.3 Å². The van der Waals surface area contributed by atoms with Gasteiger partial charge in [-0.25, -0.2) is 5.57 Å². The summed E-state index contributed by atoms with van der Waals surface area (Å²) in [4.78, 5) is 0. The van der Waals surface area contributed by atoms with Crippen LogP contribution < -0.4 is 42.4 Å². The quantitative estimate of drug-likeness (QED) is 0.339. The van der Waals surface area contributed by atoms with Crippen molar-refractivity contribution in [2.45, 2.75) is 45.7 Å². The molecule has 1 unspecified atom stereocenters. The van der Waals surface area contributed by atoms with Crippen molar-refractivity contribution in [3.63, 3.8) is 0 Å². The first-order valence-electron chi connectivity index (χ1n) is 7.02. The van der Waals surface area contributed by atoms with Crippen molar-refractivity contribution >= 4 is 13.3 Å². The molecule has 0 saturated heterocycles. The van der Waals surface area contributed by atoms with Gasteiger partial charge in [-0.3, -0.25) is 6.08 Å². The molecule has 1 atom stereocenters. The maximum absolute atomic E-state index is 3.48. The van der Waals surface area contributed by atoms with Crippen molar-refractivity contribution in [3.8, 4) is 0 Å². The van der Waals surface area contributed by atoms with Crippen LogP contribution in [0.15, 0.2) is 47.2 Å². The van der Waals surface area contributed by atoms with Gasteiger partial charge in [0.25, 0.3) is 0 Å². The molecule has 2 rings (SSSR count). The van der Waals surface area contributed by atoms with Crippen LogP contribution >= 0.6 is 0 Å². The number of rotatable bonds is 5. The smallest absolute Gasteiger partial charge is 1.00 e. The van der Waals surface area contributed by atoms with E-state index in [9.17, 15) is 0 Å². The van der Waals surface area contributed by atoms with E-state index in [1.54, 1.807) is 10.4 Å². The first kappa shape index (κ1) is 27.4. The fraction of sp³-hybridized carbons (Fsp3) is 0.412. The topological polar surface area (TPSA) is 0 Å². The molecule has 0 amide bonds. The molecule has 0 spiro atoms. The molecule has 0 heterocycles. The van der Waals surface area contributed by atoms with Crippen LogP contribution in [-0.4, -0.2) is 8.07 Å². The summed E-state index contributed by atoms with van der Waals surface area (Å²) in [5, 5.41) is 3.20. The fourth-order valence-electron chi connectivity index (χ4n) is 2.96. The van der Waals surface area contributed by atoms with Gasteiger partial charge in [-0.2, -0.15) is 11.3 Å². The van der Waals surface area contributed by atoms with E-state index in [2.05, 4.69) is 62.9 Å². The van der Waals surface area contributed by atoms with E-state index in [-0.39, 0.29) is 58.9 Å². The fourth-order valence-corrected chi connectivity index (χ4v) is 7.29. The number of unbranched alkanes of at least 4 members (excludes halogenated alkanes) is 1. The van der Waals surface area contributed by atoms with Crippen LogP contribution in [0.2, 0.25) is 12.6 Å². The van der Waals surface area contributed by atoms with Crippen molar-refractivity contribution in [1.29, 1.82) is 0 Å². The Bertz CT molecular complexity index is 474. The van der Waals surface area contributed by atoms with E-state index in [1.807, 2.05) is 0 Å². The van der Waals surface area contributed by atoms with Gasteiger partial charge in [0.15, 0.2) is 0 Å². The number of halogens is 3. The van der Waals surface area contributed by atoms with E-state index >= 15 is 0 Å². The second kappa shape index (κ2) is 12.9. The predicted octanol–water partition coefficient (Wildman–Crippen LogP) is -4.60. The van der Waals surface area contributed by atoms with Crippen molar-refractivity contribution in [1.82, 2.24) is 0 Å². The molecule has 0 aliphatic heterocycles. The SMILES string of the molecule is CCCC[Si](C)(C1=CC[C-]=C1C)c1ccccc1.[Cl-].[Cl-].[Cl-].[Ti+4]. The molecule has 0 N–H and O–H groups in total. The van der Waals surface area contributed by atoms with Crippen LogP contribution in [0.3, 0.4) is 0 Å². The predicted molar refractivity (Wildman–Crippen MR) is 82.5 cm³/mol. The zero-order valence-electron chi connectivity index (χ0n) is 13.4. The van der Waals surface area contributed by atoms with Crippen LogP contribution in [0.1, 0.15) is 33.1 Å². The molecule has 0 saturated carbocycles. The third-order valence-corrected chi connectivity index (χ3v) is 8.84. The average Bonchev–Trinajstić information content (AvgIpc) is 2.84. The maximum Gasteiger partial charge on any atom is 4.00 e. The third kappa shape index (κ3) is 6.19. The van der Waals surface area contributed by atoms with Crippen molar-refractivity contribution in [2.75, 3.05) is 0 Å². The molecule has 22 heavy (non-hydrogen) atoms. The Morgan fingerprint density at radius 1 is 1.09 bits per heavy atom. The van der Waals surface area contributed by atoms with Crippen LogP contribution in [0.4, 0.5) is 0 Å². The van der Waals surface area contributed by atoms with Gasteiger partial charge in [0, 0.05) is 8.07 Å². The molecular formula is C17H23Cl3SiTi. The summed E-state index contributed by atoms with van der Waals surface area (Å²) in [7, 11) is -1.51.